The van der Waals surface area contributed by atoms with Crippen LogP contribution in [-0.2, 0) is 0 Å². The molecule has 2 heterocycles. The van der Waals surface area contributed by atoms with E-state index in [1.165, 1.54) is 13.2 Å². The fraction of sp³-hybridized carbons (Fsp3) is 0.562. The minimum Gasteiger partial charge on any atom is -0.504 e. The van der Waals surface area contributed by atoms with Gasteiger partial charge in [-0.2, -0.15) is 0 Å². The molecule has 0 saturated carbocycles. The maximum Gasteiger partial charge on any atom is 0.254 e. The number of carbonyl (C=O) groups excluding carboxylic acids is 1. The summed E-state index contributed by atoms with van der Waals surface area (Å²) in [4.78, 5) is 14.7. The molecule has 3 rings (SSSR count). The first-order valence-corrected chi connectivity index (χ1v) is 7.35. The Bertz CT molecular complexity index is 571. The van der Waals surface area contributed by atoms with E-state index < -0.39 is 0 Å². The van der Waals surface area contributed by atoms with Crippen molar-refractivity contribution < 1.29 is 14.6 Å². The molecule has 1 amide bonds. The third-order valence-corrected chi connectivity index (χ3v) is 5.03. The van der Waals surface area contributed by atoms with Gasteiger partial charge >= 0.3 is 0 Å². The van der Waals surface area contributed by atoms with Crippen LogP contribution in [0.5, 0.6) is 11.5 Å². The maximum absolute atomic E-state index is 12.8. The number of fused-ring (bicyclic) bond motifs is 1. The number of phenolic OH excluding ortho intramolecular Hbond substituents is 1. The lowest BCUT2D eigenvalue weighted by molar-refractivity contribution is 0.0603. The molecule has 0 spiro atoms. The fourth-order valence-corrected chi connectivity index (χ4v) is 3.74. The van der Waals surface area contributed by atoms with E-state index in [4.69, 9.17) is 4.74 Å². The fourth-order valence-electron chi connectivity index (χ4n) is 3.74. The van der Waals surface area contributed by atoms with E-state index in [0.29, 0.717) is 23.1 Å². The van der Waals surface area contributed by atoms with Crippen molar-refractivity contribution in [3.63, 3.8) is 0 Å². The highest BCUT2D eigenvalue weighted by molar-refractivity contribution is 5.95. The summed E-state index contributed by atoms with van der Waals surface area (Å²) in [6.45, 7) is 6.98. The molecule has 21 heavy (non-hydrogen) atoms. The molecule has 0 aliphatic carbocycles. The second kappa shape index (κ2) is 4.91. The number of benzene rings is 1. The lowest BCUT2D eigenvalue weighted by Gasteiger charge is -2.35. The van der Waals surface area contributed by atoms with Crippen molar-refractivity contribution in [3.05, 3.63) is 23.8 Å². The molecular formula is C16H22N2O3. The van der Waals surface area contributed by atoms with Crippen molar-refractivity contribution >= 4 is 5.91 Å². The van der Waals surface area contributed by atoms with E-state index in [9.17, 15) is 9.90 Å². The van der Waals surface area contributed by atoms with Crippen LogP contribution in [0.25, 0.3) is 0 Å². The van der Waals surface area contributed by atoms with E-state index in [2.05, 4.69) is 19.2 Å². The van der Waals surface area contributed by atoms with Crippen LogP contribution in [0, 0.1) is 11.8 Å². The van der Waals surface area contributed by atoms with Crippen molar-refractivity contribution in [2.45, 2.75) is 19.4 Å². The van der Waals surface area contributed by atoms with Gasteiger partial charge in [0.05, 0.1) is 7.11 Å². The lowest BCUT2D eigenvalue weighted by atomic mass is 9.84. The summed E-state index contributed by atoms with van der Waals surface area (Å²) >= 11 is 0. The van der Waals surface area contributed by atoms with Gasteiger partial charge in [-0.3, -0.25) is 4.79 Å². The Morgan fingerprint density at radius 3 is 2.81 bits per heavy atom. The zero-order valence-corrected chi connectivity index (χ0v) is 12.7. The molecule has 2 N–H and O–H groups in total. The number of ether oxygens (including phenoxy) is 1. The third kappa shape index (κ3) is 2.16. The van der Waals surface area contributed by atoms with Crippen molar-refractivity contribution in [1.29, 1.82) is 0 Å². The van der Waals surface area contributed by atoms with Crippen LogP contribution in [-0.4, -0.2) is 48.2 Å². The Labute approximate surface area is 124 Å². The Balaban J connectivity index is 1.87. The SMILES string of the molecule is COc1ccc(C(=O)N2CC3CNCC3C2(C)C)cc1O. The van der Waals surface area contributed by atoms with E-state index in [0.717, 1.165) is 19.6 Å². The monoisotopic (exact) mass is 290 g/mol. The van der Waals surface area contributed by atoms with Crippen LogP contribution in [0.15, 0.2) is 18.2 Å². The molecule has 0 radical (unpaired) electrons. The van der Waals surface area contributed by atoms with Crippen LogP contribution < -0.4 is 10.1 Å². The molecule has 2 atom stereocenters. The van der Waals surface area contributed by atoms with Gasteiger partial charge in [-0.15, -0.1) is 0 Å². The van der Waals surface area contributed by atoms with Crippen LogP contribution in [0.4, 0.5) is 0 Å². The van der Waals surface area contributed by atoms with E-state index >= 15 is 0 Å². The number of hydrogen-bond acceptors (Lipinski definition) is 4. The zero-order valence-electron chi connectivity index (χ0n) is 12.7. The summed E-state index contributed by atoms with van der Waals surface area (Å²) in [6, 6.07) is 4.83. The number of nitrogens with zero attached hydrogens (tertiary/aromatic N) is 1. The molecule has 114 valence electrons. The minimum absolute atomic E-state index is 0.00205. The number of rotatable bonds is 2. The molecular weight excluding hydrogens is 268 g/mol. The molecule has 5 heteroatoms. The standard InChI is InChI=1S/C16H22N2O3/c1-16(2)12-8-17-7-11(12)9-18(16)15(20)10-4-5-14(21-3)13(19)6-10/h4-6,11-12,17,19H,7-9H2,1-3H3. The van der Waals surface area contributed by atoms with Gasteiger partial charge in [0.25, 0.3) is 5.91 Å². The molecule has 5 nitrogen and oxygen atoms in total. The average Bonchev–Trinajstić information content (AvgIpc) is 3.00. The number of likely N-dealkylation sites (tertiary alicyclic amines) is 1. The number of aromatic hydroxyl groups is 1. The minimum atomic E-state index is -0.166. The summed E-state index contributed by atoms with van der Waals surface area (Å²) < 4.78 is 5.02. The van der Waals surface area contributed by atoms with Gasteiger partial charge in [0.15, 0.2) is 11.5 Å². The quantitative estimate of drug-likeness (QED) is 0.866. The van der Waals surface area contributed by atoms with Gasteiger partial charge < -0.3 is 20.1 Å². The molecule has 1 aromatic rings. The predicted molar refractivity (Wildman–Crippen MR) is 79.6 cm³/mol. The van der Waals surface area contributed by atoms with Crippen molar-refractivity contribution in [1.82, 2.24) is 10.2 Å². The molecule has 2 saturated heterocycles. The molecule has 0 bridgehead atoms. The number of amides is 1. The molecule has 1 aromatic carbocycles. The zero-order chi connectivity index (χ0) is 15.2. The van der Waals surface area contributed by atoms with Gasteiger partial charge in [0.1, 0.15) is 0 Å². The normalized spacial score (nSPS) is 26.7. The maximum atomic E-state index is 12.8. The summed E-state index contributed by atoms with van der Waals surface area (Å²) in [5.74, 6) is 1.38. The van der Waals surface area contributed by atoms with Gasteiger partial charge in [-0.25, -0.2) is 0 Å². The van der Waals surface area contributed by atoms with Gasteiger partial charge in [0.2, 0.25) is 0 Å². The summed E-state index contributed by atoms with van der Waals surface area (Å²) in [5, 5.41) is 13.3. The smallest absolute Gasteiger partial charge is 0.254 e. The second-order valence-electron chi connectivity index (χ2n) is 6.48. The van der Waals surface area contributed by atoms with Crippen LogP contribution in [0.1, 0.15) is 24.2 Å². The molecule has 2 fully saturated rings. The van der Waals surface area contributed by atoms with Crippen LogP contribution in [0.2, 0.25) is 0 Å². The second-order valence-corrected chi connectivity index (χ2v) is 6.48. The summed E-state index contributed by atoms with van der Waals surface area (Å²) in [6.07, 6.45) is 0. The average molecular weight is 290 g/mol. The third-order valence-electron chi connectivity index (χ3n) is 5.03. The number of phenols is 1. The van der Waals surface area contributed by atoms with Crippen molar-refractivity contribution in [2.75, 3.05) is 26.7 Å². The lowest BCUT2D eigenvalue weighted by Crippen LogP contribution is -2.47. The predicted octanol–water partition coefficient (Wildman–Crippen LogP) is 1.47. The molecule has 2 unspecified atom stereocenters. The first kappa shape index (κ1) is 14.2. The Hall–Kier alpha value is -1.75. The number of methoxy groups -OCH3 is 1. The number of carbonyl (C=O) groups is 1. The van der Waals surface area contributed by atoms with Gasteiger partial charge in [0, 0.05) is 30.7 Å². The number of hydrogen-bond donors (Lipinski definition) is 2. The van der Waals surface area contributed by atoms with Crippen molar-refractivity contribution in [2.24, 2.45) is 11.8 Å². The highest BCUT2D eigenvalue weighted by Crippen LogP contribution is 2.41. The first-order chi connectivity index (χ1) is 9.95. The molecule has 2 aliphatic rings. The Morgan fingerprint density at radius 2 is 2.19 bits per heavy atom. The molecule has 0 aromatic heterocycles. The van der Waals surface area contributed by atoms with Gasteiger partial charge in [-0.1, -0.05) is 0 Å². The Morgan fingerprint density at radius 1 is 1.43 bits per heavy atom. The van der Waals surface area contributed by atoms with Gasteiger partial charge in [-0.05, 0) is 43.9 Å². The first-order valence-electron chi connectivity index (χ1n) is 7.35. The molecule has 2 aliphatic heterocycles. The Kier molecular flexibility index (Phi) is 3.32. The van der Waals surface area contributed by atoms with E-state index in [-0.39, 0.29) is 17.2 Å². The van der Waals surface area contributed by atoms with Crippen LogP contribution >= 0.6 is 0 Å². The van der Waals surface area contributed by atoms with E-state index in [1.807, 2.05) is 4.90 Å². The highest BCUT2D eigenvalue weighted by atomic mass is 16.5. The topological polar surface area (TPSA) is 61.8 Å². The highest BCUT2D eigenvalue weighted by Gasteiger charge is 2.51. The summed E-state index contributed by atoms with van der Waals surface area (Å²) in [5.41, 5.74) is 0.343. The van der Waals surface area contributed by atoms with Crippen molar-refractivity contribution in [3.8, 4) is 11.5 Å². The van der Waals surface area contributed by atoms with E-state index in [1.54, 1.807) is 12.1 Å². The van der Waals surface area contributed by atoms with Crippen LogP contribution in [0.3, 0.4) is 0 Å². The number of nitrogens with one attached hydrogen (secondary N) is 1. The largest absolute Gasteiger partial charge is 0.504 e. The summed E-state index contributed by atoms with van der Waals surface area (Å²) in [7, 11) is 1.49.